The van der Waals surface area contributed by atoms with Gasteiger partial charge in [0.25, 0.3) is 0 Å². The minimum Gasteiger partial charge on any atom is -0.394 e. The van der Waals surface area contributed by atoms with Gasteiger partial charge in [0.15, 0.2) is 0 Å². The van der Waals surface area contributed by atoms with Crippen molar-refractivity contribution in [3.8, 4) is 0 Å². The first-order chi connectivity index (χ1) is 16.0. The molecule has 5 heterocycles. The van der Waals surface area contributed by atoms with Crippen molar-refractivity contribution in [2.24, 2.45) is 11.8 Å². The van der Waals surface area contributed by atoms with Gasteiger partial charge in [-0.1, -0.05) is 11.6 Å². The number of anilines is 2. The van der Waals surface area contributed by atoms with Gasteiger partial charge in [0.05, 0.1) is 38.4 Å². The molecule has 2 N–H and O–H groups in total. The van der Waals surface area contributed by atoms with E-state index >= 15 is 0 Å². The molecule has 2 aromatic heterocycles. The number of halogens is 1. The fraction of sp³-hybridized carbons (Fsp3) is 0.652. The van der Waals surface area contributed by atoms with Gasteiger partial charge in [-0.2, -0.15) is 4.98 Å². The molecule has 33 heavy (non-hydrogen) atoms. The van der Waals surface area contributed by atoms with Gasteiger partial charge < -0.3 is 15.3 Å². The number of rotatable bonds is 5. The van der Waals surface area contributed by atoms with E-state index in [0.29, 0.717) is 28.6 Å². The van der Waals surface area contributed by atoms with Crippen LogP contribution in [0.25, 0.3) is 0 Å². The van der Waals surface area contributed by atoms with Crippen molar-refractivity contribution in [2.45, 2.75) is 66.0 Å². The molecular formula is C23H27ClN6O2S. The third-order valence-electron chi connectivity index (χ3n) is 8.55. The first-order valence-corrected chi connectivity index (χ1v) is 13.5. The van der Waals surface area contributed by atoms with Crippen molar-refractivity contribution in [2.75, 3.05) is 29.9 Å². The number of aromatic nitrogens is 4. The van der Waals surface area contributed by atoms with E-state index in [4.69, 9.17) is 21.6 Å². The minimum absolute atomic E-state index is 0.0650. The maximum atomic E-state index is 13.3. The van der Waals surface area contributed by atoms with E-state index in [-0.39, 0.29) is 16.9 Å². The predicted octanol–water partition coefficient (Wildman–Crippen LogP) is 2.68. The van der Waals surface area contributed by atoms with E-state index in [1.807, 2.05) is 0 Å². The fourth-order valence-corrected chi connectivity index (χ4v) is 8.13. The van der Waals surface area contributed by atoms with Crippen molar-refractivity contribution in [3.63, 3.8) is 0 Å². The Kier molecular flexibility index (Phi) is 4.41. The highest BCUT2D eigenvalue weighted by atomic mass is 35.5. The summed E-state index contributed by atoms with van der Waals surface area (Å²) in [4.78, 5) is 21.9. The Hall–Kier alpha value is -1.84. The highest BCUT2D eigenvalue weighted by Crippen LogP contribution is 2.55. The van der Waals surface area contributed by atoms with Crippen LogP contribution in [0.3, 0.4) is 0 Å². The van der Waals surface area contributed by atoms with Crippen LogP contribution in [0, 0.1) is 11.8 Å². The number of fused-ring (bicyclic) bond motifs is 3. The van der Waals surface area contributed by atoms with Gasteiger partial charge in [-0.3, -0.25) is 4.21 Å². The van der Waals surface area contributed by atoms with Crippen LogP contribution in [0.1, 0.15) is 56.0 Å². The van der Waals surface area contributed by atoms with E-state index in [9.17, 15) is 9.32 Å². The molecule has 3 aliphatic carbocycles. The Balaban J connectivity index is 1.19. The van der Waals surface area contributed by atoms with Crippen LogP contribution >= 0.6 is 11.6 Å². The van der Waals surface area contributed by atoms with Gasteiger partial charge in [-0.25, -0.2) is 15.0 Å². The van der Waals surface area contributed by atoms with E-state index < -0.39 is 10.8 Å². The molecule has 2 unspecified atom stereocenters. The highest BCUT2D eigenvalue weighted by Gasteiger charge is 2.56. The van der Waals surface area contributed by atoms with E-state index in [1.165, 1.54) is 6.42 Å². The van der Waals surface area contributed by atoms with Crippen LogP contribution in [0.15, 0.2) is 17.3 Å². The smallest absolute Gasteiger partial charge is 0.227 e. The molecule has 174 valence electrons. The molecule has 8 nitrogen and oxygen atoms in total. The van der Waals surface area contributed by atoms with Gasteiger partial charge in [-0.15, -0.1) is 0 Å². The second-order valence-electron chi connectivity index (χ2n) is 10.6. The molecule has 3 atom stereocenters. The number of hydrogen-bond donors (Lipinski definition) is 2. The van der Waals surface area contributed by atoms with E-state index in [1.54, 1.807) is 12.4 Å². The lowest BCUT2D eigenvalue weighted by Crippen LogP contribution is -2.55. The molecular weight excluding hydrogens is 460 g/mol. The van der Waals surface area contributed by atoms with Gasteiger partial charge in [-0.05, 0) is 50.4 Å². The lowest BCUT2D eigenvalue weighted by molar-refractivity contribution is 0.104. The predicted molar refractivity (Wildman–Crippen MR) is 125 cm³/mol. The largest absolute Gasteiger partial charge is 0.394 e. The summed E-state index contributed by atoms with van der Waals surface area (Å²) in [5.41, 5.74) is 0.590. The first-order valence-electron chi connectivity index (χ1n) is 11.9. The number of piperidine rings is 2. The summed E-state index contributed by atoms with van der Waals surface area (Å²) in [6.07, 6.45) is 10.2. The Morgan fingerprint density at radius 3 is 2.48 bits per heavy atom. The SMILES string of the molecule is O=[S@]1c2c(nc(N3CC4CC(C3)C4c3ncc(Cl)cn3)nc2NC2(CO)CCC2)CC12CC2. The van der Waals surface area contributed by atoms with Crippen LogP contribution in [-0.4, -0.2) is 59.2 Å². The number of aliphatic hydroxyl groups is 1. The van der Waals surface area contributed by atoms with Gasteiger partial charge in [0, 0.05) is 37.8 Å². The molecule has 5 fully saturated rings. The van der Waals surface area contributed by atoms with Crippen molar-refractivity contribution in [1.82, 2.24) is 19.9 Å². The highest BCUT2D eigenvalue weighted by molar-refractivity contribution is 7.87. The normalized spacial score (nSPS) is 32.1. The molecule has 2 saturated heterocycles. The Bertz CT molecular complexity index is 1130. The third kappa shape index (κ3) is 3.08. The molecule has 3 aliphatic heterocycles. The van der Waals surface area contributed by atoms with Crippen LogP contribution in [0.4, 0.5) is 11.8 Å². The van der Waals surface area contributed by atoms with Crippen molar-refractivity contribution >= 4 is 34.2 Å². The van der Waals surface area contributed by atoms with Crippen LogP contribution in [0.2, 0.25) is 5.02 Å². The maximum absolute atomic E-state index is 13.3. The molecule has 2 aromatic rings. The van der Waals surface area contributed by atoms with Crippen LogP contribution < -0.4 is 10.2 Å². The minimum atomic E-state index is -1.08. The summed E-state index contributed by atoms with van der Waals surface area (Å²) in [7, 11) is -1.08. The van der Waals surface area contributed by atoms with Crippen molar-refractivity contribution in [3.05, 3.63) is 28.9 Å². The molecule has 6 aliphatic rings. The number of nitrogens with one attached hydrogen (secondary N) is 1. The number of aliphatic hydroxyl groups excluding tert-OH is 1. The summed E-state index contributed by atoms with van der Waals surface area (Å²) < 4.78 is 13.2. The average Bonchev–Trinajstić information content (AvgIpc) is 3.51. The number of hydrogen-bond acceptors (Lipinski definition) is 8. The Morgan fingerprint density at radius 2 is 1.88 bits per heavy atom. The summed E-state index contributed by atoms with van der Waals surface area (Å²) in [6.45, 7) is 1.80. The molecule has 3 saturated carbocycles. The molecule has 0 aromatic carbocycles. The standard InChI is InChI=1S/C23H27ClN6O2S/c24-15-8-25-19(26-9-15)17-13-6-14(17)11-30(10-13)21-27-16-7-23(4-5-23)33(32)18(16)20(28-21)29-22(12-31)2-1-3-22/h8-9,13-14,17,31H,1-7,10-12H2,(H,27,28,29)/t13?,14?,17?,33-/m0/s1. The van der Waals surface area contributed by atoms with E-state index in [2.05, 4.69) is 20.2 Å². The second kappa shape index (κ2) is 7.09. The molecule has 2 bridgehead atoms. The topological polar surface area (TPSA) is 104 Å². The monoisotopic (exact) mass is 486 g/mol. The van der Waals surface area contributed by atoms with Gasteiger partial charge in [0.1, 0.15) is 16.5 Å². The molecule has 10 heteroatoms. The Labute approximate surface area is 200 Å². The summed E-state index contributed by atoms with van der Waals surface area (Å²) >= 11 is 5.98. The summed E-state index contributed by atoms with van der Waals surface area (Å²) in [5, 5.41) is 14.1. The Morgan fingerprint density at radius 1 is 1.15 bits per heavy atom. The maximum Gasteiger partial charge on any atom is 0.227 e. The molecule has 0 radical (unpaired) electrons. The van der Waals surface area contributed by atoms with Gasteiger partial charge >= 0.3 is 0 Å². The first kappa shape index (κ1) is 20.5. The molecule has 1 spiro atoms. The summed E-state index contributed by atoms with van der Waals surface area (Å²) in [5.74, 6) is 3.60. The quantitative estimate of drug-likeness (QED) is 0.664. The number of nitrogens with zero attached hydrogens (tertiary/aromatic N) is 5. The second-order valence-corrected chi connectivity index (χ2v) is 12.9. The van der Waals surface area contributed by atoms with Crippen LogP contribution in [0.5, 0.6) is 0 Å². The zero-order chi connectivity index (χ0) is 22.4. The molecule has 0 amide bonds. The third-order valence-corrected chi connectivity index (χ3v) is 10.9. The molecule has 8 rings (SSSR count). The zero-order valence-corrected chi connectivity index (χ0v) is 19.9. The lowest BCUT2D eigenvalue weighted by Gasteiger charge is -2.52. The lowest BCUT2D eigenvalue weighted by atomic mass is 9.61. The van der Waals surface area contributed by atoms with Gasteiger partial charge in [0.2, 0.25) is 5.95 Å². The van der Waals surface area contributed by atoms with Crippen LogP contribution in [-0.2, 0) is 17.2 Å². The fourth-order valence-electron chi connectivity index (χ4n) is 6.26. The average molecular weight is 487 g/mol. The van der Waals surface area contributed by atoms with Crippen molar-refractivity contribution in [1.29, 1.82) is 0 Å². The van der Waals surface area contributed by atoms with E-state index in [0.717, 1.165) is 74.0 Å². The summed E-state index contributed by atoms with van der Waals surface area (Å²) in [6, 6.07) is 0. The van der Waals surface area contributed by atoms with Crippen molar-refractivity contribution < 1.29 is 9.32 Å². The zero-order valence-electron chi connectivity index (χ0n) is 18.3.